The Labute approximate surface area is 85.5 Å². The number of rotatable bonds is 2. The molecule has 0 amide bonds. The third-order valence-corrected chi connectivity index (χ3v) is 1.60. The van der Waals surface area contributed by atoms with Crippen LogP contribution in [0.3, 0.4) is 0 Å². The highest BCUT2D eigenvalue weighted by atomic mass is 127. The van der Waals surface area contributed by atoms with Crippen molar-refractivity contribution >= 4 is 45.2 Å². The summed E-state index contributed by atoms with van der Waals surface area (Å²) in [6.07, 6.45) is 1.27. The van der Waals surface area contributed by atoms with E-state index in [0.717, 1.165) is 0 Å². The Morgan fingerprint density at radius 1 is 0.889 bits per heavy atom. The molecule has 0 fully saturated rings. The van der Waals surface area contributed by atoms with Crippen LogP contribution in [0.5, 0.6) is 0 Å². The largest absolute Gasteiger partial charge is 0.0794 e. The molecule has 2 heteroatoms. The Balaban J connectivity index is 3.75. The van der Waals surface area contributed by atoms with Crippen LogP contribution in [0.1, 0.15) is 34.1 Å². The molecule has 0 aliphatic heterocycles. The fraction of sp³-hybridized carbons (Fsp3) is 1.00. The molecule has 0 aromatic heterocycles. The van der Waals surface area contributed by atoms with Gasteiger partial charge in [0.15, 0.2) is 0 Å². The van der Waals surface area contributed by atoms with Crippen LogP contribution in [0.15, 0.2) is 0 Å². The monoisotopic (exact) mass is 352 g/mol. The van der Waals surface area contributed by atoms with E-state index in [0.29, 0.717) is 6.84 Å². The van der Waals surface area contributed by atoms with E-state index >= 15 is 0 Å². The molecule has 0 atom stereocenters. The van der Waals surface area contributed by atoms with Gasteiger partial charge in [-0.05, 0) is 6.42 Å². The summed E-state index contributed by atoms with van der Waals surface area (Å²) in [5.41, 5.74) is 0. The van der Waals surface area contributed by atoms with Crippen molar-refractivity contribution in [3.8, 4) is 0 Å². The standard InChI is InChI=1S/C7H14I2/c1-6(2,8)5-7(3,4)9/h5H2,1-4H3. The van der Waals surface area contributed by atoms with Crippen LogP contribution in [0.2, 0.25) is 0 Å². The summed E-state index contributed by atoms with van der Waals surface area (Å²) in [6, 6.07) is 0. The summed E-state index contributed by atoms with van der Waals surface area (Å²) in [5.74, 6) is 0. The normalized spacial score (nSPS) is 14.0. The van der Waals surface area contributed by atoms with E-state index < -0.39 is 0 Å². The summed E-state index contributed by atoms with van der Waals surface area (Å²) in [4.78, 5) is 0. The van der Waals surface area contributed by atoms with E-state index in [4.69, 9.17) is 0 Å². The van der Waals surface area contributed by atoms with Crippen molar-refractivity contribution in [1.29, 1.82) is 0 Å². The Morgan fingerprint density at radius 2 is 1.11 bits per heavy atom. The molecule has 0 aromatic rings. The lowest BCUT2D eigenvalue weighted by molar-refractivity contribution is 0.580. The molecule has 0 saturated heterocycles. The average Bonchev–Trinajstić information content (AvgIpc) is 1.14. The predicted octanol–water partition coefficient (Wildman–Crippen LogP) is 3.80. The molecule has 9 heavy (non-hydrogen) atoms. The minimum Gasteiger partial charge on any atom is -0.0794 e. The maximum Gasteiger partial charge on any atom is 0.0178 e. The summed E-state index contributed by atoms with van der Waals surface area (Å²) < 4.78 is 0.894. The maximum atomic E-state index is 2.50. The third-order valence-electron chi connectivity index (χ3n) is 0.841. The fourth-order valence-corrected chi connectivity index (χ4v) is 3.64. The van der Waals surface area contributed by atoms with Crippen molar-refractivity contribution in [1.82, 2.24) is 0 Å². The van der Waals surface area contributed by atoms with Crippen molar-refractivity contribution in [3.05, 3.63) is 0 Å². The van der Waals surface area contributed by atoms with Gasteiger partial charge in [0.1, 0.15) is 0 Å². The first-order valence-electron chi connectivity index (χ1n) is 3.09. The zero-order valence-corrected chi connectivity index (χ0v) is 10.8. The maximum absolute atomic E-state index is 2.50. The van der Waals surface area contributed by atoms with Crippen LogP contribution >= 0.6 is 45.2 Å². The van der Waals surface area contributed by atoms with Gasteiger partial charge in [-0.3, -0.25) is 0 Å². The van der Waals surface area contributed by atoms with Crippen LogP contribution in [-0.2, 0) is 0 Å². The molecule has 56 valence electrons. The van der Waals surface area contributed by atoms with Crippen molar-refractivity contribution in [2.24, 2.45) is 0 Å². The zero-order chi connectivity index (χ0) is 7.71. The smallest absolute Gasteiger partial charge is 0.0178 e. The number of halogens is 2. The Morgan fingerprint density at radius 3 is 1.11 bits per heavy atom. The van der Waals surface area contributed by atoms with Gasteiger partial charge in [0.25, 0.3) is 0 Å². The van der Waals surface area contributed by atoms with Crippen LogP contribution in [0.4, 0.5) is 0 Å². The van der Waals surface area contributed by atoms with Gasteiger partial charge < -0.3 is 0 Å². The molecule has 0 saturated carbocycles. The molecule has 0 aliphatic carbocycles. The molecule has 0 spiro atoms. The van der Waals surface area contributed by atoms with Crippen LogP contribution in [0.25, 0.3) is 0 Å². The summed E-state index contributed by atoms with van der Waals surface area (Å²) in [7, 11) is 0. The number of alkyl halides is 2. The second-order valence-electron chi connectivity index (χ2n) is 3.61. The minimum absolute atomic E-state index is 0.447. The van der Waals surface area contributed by atoms with Crippen LogP contribution in [0, 0.1) is 0 Å². The van der Waals surface area contributed by atoms with E-state index in [1.54, 1.807) is 0 Å². The van der Waals surface area contributed by atoms with Gasteiger partial charge in [-0.15, -0.1) is 0 Å². The fourth-order valence-electron chi connectivity index (χ4n) is 1.000. The van der Waals surface area contributed by atoms with Gasteiger partial charge in [0.05, 0.1) is 0 Å². The second-order valence-corrected chi connectivity index (χ2v) is 9.45. The number of hydrogen-bond acceptors (Lipinski definition) is 0. The molecular formula is C7H14I2. The first-order valence-corrected chi connectivity index (χ1v) is 5.24. The van der Waals surface area contributed by atoms with Crippen molar-refractivity contribution < 1.29 is 0 Å². The number of hydrogen-bond donors (Lipinski definition) is 0. The van der Waals surface area contributed by atoms with E-state index in [2.05, 4.69) is 72.9 Å². The van der Waals surface area contributed by atoms with Gasteiger partial charge in [0.2, 0.25) is 0 Å². The van der Waals surface area contributed by atoms with Crippen LogP contribution in [-0.4, -0.2) is 6.84 Å². The SMILES string of the molecule is CC(C)(I)CC(C)(C)I. The molecule has 0 heterocycles. The highest BCUT2D eigenvalue weighted by Crippen LogP contribution is 2.33. The van der Waals surface area contributed by atoms with Crippen molar-refractivity contribution in [2.75, 3.05) is 0 Å². The molecule has 0 rings (SSSR count). The summed E-state index contributed by atoms with van der Waals surface area (Å²) >= 11 is 4.99. The lowest BCUT2D eigenvalue weighted by Gasteiger charge is -2.25. The van der Waals surface area contributed by atoms with Gasteiger partial charge in [-0.25, -0.2) is 0 Å². The molecule has 0 aliphatic rings. The molecule has 0 bridgehead atoms. The van der Waals surface area contributed by atoms with E-state index in [1.807, 2.05) is 0 Å². The first-order chi connectivity index (χ1) is 3.71. The van der Waals surface area contributed by atoms with E-state index in [9.17, 15) is 0 Å². The lowest BCUT2D eigenvalue weighted by Crippen LogP contribution is -2.22. The predicted molar refractivity (Wildman–Crippen MR) is 60.8 cm³/mol. The van der Waals surface area contributed by atoms with E-state index in [1.165, 1.54) is 6.42 Å². The third kappa shape index (κ3) is 9.46. The highest BCUT2D eigenvalue weighted by Gasteiger charge is 2.23. The lowest BCUT2D eigenvalue weighted by atomic mass is 10.0. The zero-order valence-electron chi connectivity index (χ0n) is 6.46. The molecule has 0 N–H and O–H groups in total. The van der Waals surface area contributed by atoms with Gasteiger partial charge in [-0.1, -0.05) is 72.9 Å². The molecule has 0 unspecified atom stereocenters. The summed E-state index contributed by atoms with van der Waals surface area (Å²) in [5, 5.41) is 0. The average molecular weight is 352 g/mol. The second kappa shape index (κ2) is 3.24. The van der Waals surface area contributed by atoms with Crippen LogP contribution < -0.4 is 0 Å². The molecule has 0 radical (unpaired) electrons. The van der Waals surface area contributed by atoms with Gasteiger partial charge in [-0.2, -0.15) is 0 Å². The molecular weight excluding hydrogens is 338 g/mol. The topological polar surface area (TPSA) is 0 Å². The van der Waals surface area contributed by atoms with Gasteiger partial charge >= 0.3 is 0 Å². The van der Waals surface area contributed by atoms with Crippen molar-refractivity contribution in [3.63, 3.8) is 0 Å². The van der Waals surface area contributed by atoms with E-state index in [-0.39, 0.29) is 0 Å². The Hall–Kier alpha value is 1.46. The van der Waals surface area contributed by atoms with Crippen molar-refractivity contribution in [2.45, 2.75) is 41.0 Å². The highest BCUT2D eigenvalue weighted by molar-refractivity contribution is 14.1. The first kappa shape index (κ1) is 10.5. The van der Waals surface area contributed by atoms with Gasteiger partial charge in [0, 0.05) is 6.84 Å². The quantitative estimate of drug-likeness (QED) is 0.524. The Bertz CT molecular complexity index is 72.1. The Kier molecular flexibility index (Phi) is 3.76. The minimum atomic E-state index is 0.447. The molecule has 0 aromatic carbocycles. The summed E-state index contributed by atoms with van der Waals surface area (Å²) in [6.45, 7) is 9.09. The molecule has 0 nitrogen and oxygen atoms in total.